The number of aryl methyl sites for hydroxylation is 1. The van der Waals surface area contributed by atoms with Gasteiger partial charge in [-0.1, -0.05) is 6.07 Å². The first kappa shape index (κ1) is 22.3. The largest absolute Gasteiger partial charge is 0.490 e. The van der Waals surface area contributed by atoms with Crippen LogP contribution in [0.25, 0.3) is 0 Å². The second-order valence-corrected chi connectivity index (χ2v) is 8.12. The third-order valence-electron chi connectivity index (χ3n) is 5.03. The van der Waals surface area contributed by atoms with Gasteiger partial charge in [-0.05, 0) is 43.8 Å². The molecule has 0 aromatic carbocycles. The Kier molecular flexibility index (Phi) is 7.14. The van der Waals surface area contributed by atoms with Crippen molar-refractivity contribution in [1.29, 1.82) is 0 Å². The van der Waals surface area contributed by atoms with E-state index in [1.165, 1.54) is 43.0 Å². The highest BCUT2D eigenvalue weighted by Gasteiger charge is 2.38. The second-order valence-electron chi connectivity index (χ2n) is 7.18. The first-order valence-electron chi connectivity index (χ1n) is 9.64. The summed E-state index contributed by atoms with van der Waals surface area (Å²) in [6.07, 6.45) is 0.446. The fourth-order valence-electron chi connectivity index (χ4n) is 3.53. The maximum Gasteiger partial charge on any atom is 0.490 e. The highest BCUT2D eigenvalue weighted by atomic mass is 32.1. The molecule has 0 spiro atoms. The summed E-state index contributed by atoms with van der Waals surface area (Å²) in [7, 11) is 0. The normalized spacial score (nSPS) is 17.1. The number of rotatable bonds is 3. The summed E-state index contributed by atoms with van der Waals surface area (Å²) in [5.74, 6) is -2.60. The average molecular weight is 444 g/mol. The molecule has 0 radical (unpaired) electrons. The van der Waals surface area contributed by atoms with E-state index in [0.29, 0.717) is 6.54 Å². The standard InChI is InChI=1S/C17H22N4OS.C2HF3O2/c22-17(16-5-3-10-23-16)20-8-4-9-21-13-18-14(15(21)12-20)11-19-6-1-2-7-19;3-2(4,5)1(6)7/h3,5,10,13H,1-2,4,6-9,11-12H2;(H,6,7). The number of halogens is 3. The van der Waals surface area contributed by atoms with Gasteiger partial charge in [0.15, 0.2) is 0 Å². The van der Waals surface area contributed by atoms with Crippen LogP contribution in [0, 0.1) is 0 Å². The summed E-state index contributed by atoms with van der Waals surface area (Å²) < 4.78 is 34.0. The molecular weight excluding hydrogens is 421 g/mol. The Hall–Kier alpha value is -2.40. The van der Waals surface area contributed by atoms with Crippen LogP contribution in [0.4, 0.5) is 13.2 Å². The third kappa shape index (κ3) is 5.60. The Morgan fingerprint density at radius 2 is 1.83 bits per heavy atom. The Labute approximate surface area is 175 Å². The minimum Gasteiger partial charge on any atom is -0.475 e. The van der Waals surface area contributed by atoms with E-state index in [0.717, 1.165) is 36.6 Å². The van der Waals surface area contributed by atoms with Crippen molar-refractivity contribution in [1.82, 2.24) is 19.4 Å². The van der Waals surface area contributed by atoms with Crippen LogP contribution in [0.5, 0.6) is 0 Å². The maximum absolute atomic E-state index is 12.7. The van der Waals surface area contributed by atoms with Crippen molar-refractivity contribution in [3.63, 3.8) is 0 Å². The number of nitrogens with zero attached hydrogens (tertiary/aromatic N) is 4. The minimum absolute atomic E-state index is 0.154. The molecule has 0 atom stereocenters. The third-order valence-corrected chi connectivity index (χ3v) is 5.89. The number of hydrogen-bond acceptors (Lipinski definition) is 5. The lowest BCUT2D eigenvalue weighted by Crippen LogP contribution is -2.31. The number of imidazole rings is 1. The number of carbonyl (C=O) groups excluding carboxylic acids is 1. The van der Waals surface area contributed by atoms with Crippen molar-refractivity contribution in [3.05, 3.63) is 40.1 Å². The van der Waals surface area contributed by atoms with E-state index in [4.69, 9.17) is 9.90 Å². The average Bonchev–Trinajstić information content (AvgIpc) is 3.43. The molecule has 0 unspecified atom stereocenters. The number of likely N-dealkylation sites (tertiary alicyclic amines) is 1. The van der Waals surface area contributed by atoms with Gasteiger partial charge in [-0.2, -0.15) is 13.2 Å². The molecule has 11 heteroatoms. The smallest absolute Gasteiger partial charge is 0.475 e. The monoisotopic (exact) mass is 444 g/mol. The molecule has 4 heterocycles. The molecule has 30 heavy (non-hydrogen) atoms. The number of hydrogen-bond donors (Lipinski definition) is 1. The van der Waals surface area contributed by atoms with Gasteiger partial charge in [-0.3, -0.25) is 9.69 Å². The topological polar surface area (TPSA) is 78.7 Å². The first-order chi connectivity index (χ1) is 14.3. The van der Waals surface area contributed by atoms with Crippen LogP contribution in [0.15, 0.2) is 23.8 Å². The number of aromatic nitrogens is 2. The van der Waals surface area contributed by atoms with E-state index in [1.54, 1.807) is 0 Å². The lowest BCUT2D eigenvalue weighted by atomic mass is 10.2. The number of carboxylic acid groups (broad SMARTS) is 1. The quantitative estimate of drug-likeness (QED) is 0.787. The Morgan fingerprint density at radius 3 is 2.43 bits per heavy atom. The molecule has 2 aliphatic rings. The molecule has 7 nitrogen and oxygen atoms in total. The molecule has 164 valence electrons. The summed E-state index contributed by atoms with van der Waals surface area (Å²) in [5.41, 5.74) is 2.37. The molecule has 2 aromatic rings. The Balaban J connectivity index is 0.000000318. The molecule has 1 amide bonds. The van der Waals surface area contributed by atoms with Crippen molar-refractivity contribution < 1.29 is 27.9 Å². The van der Waals surface area contributed by atoms with Crippen LogP contribution in [-0.4, -0.2) is 62.1 Å². The van der Waals surface area contributed by atoms with Gasteiger partial charge in [0.1, 0.15) is 0 Å². The van der Waals surface area contributed by atoms with Gasteiger partial charge in [0.2, 0.25) is 0 Å². The van der Waals surface area contributed by atoms with Gasteiger partial charge < -0.3 is 14.6 Å². The molecule has 2 aromatic heterocycles. The van der Waals surface area contributed by atoms with Crippen molar-refractivity contribution >= 4 is 23.2 Å². The van der Waals surface area contributed by atoms with Gasteiger partial charge in [0.25, 0.3) is 5.91 Å². The van der Waals surface area contributed by atoms with E-state index in [1.807, 2.05) is 28.7 Å². The van der Waals surface area contributed by atoms with Crippen LogP contribution in [0.2, 0.25) is 0 Å². The summed E-state index contributed by atoms with van der Waals surface area (Å²) in [4.78, 5) is 31.5. The number of aliphatic carboxylic acids is 1. The predicted molar refractivity (Wildman–Crippen MR) is 104 cm³/mol. The minimum atomic E-state index is -5.08. The van der Waals surface area contributed by atoms with Crippen molar-refractivity contribution in [2.24, 2.45) is 0 Å². The molecule has 4 rings (SSSR count). The van der Waals surface area contributed by atoms with Crippen molar-refractivity contribution in [2.75, 3.05) is 19.6 Å². The number of amides is 1. The number of carbonyl (C=O) groups is 2. The van der Waals surface area contributed by atoms with Crippen LogP contribution in [0.3, 0.4) is 0 Å². The van der Waals surface area contributed by atoms with Gasteiger partial charge in [-0.25, -0.2) is 9.78 Å². The Morgan fingerprint density at radius 1 is 1.13 bits per heavy atom. The van der Waals surface area contributed by atoms with E-state index in [-0.39, 0.29) is 5.91 Å². The fraction of sp³-hybridized carbons (Fsp3) is 0.526. The van der Waals surface area contributed by atoms with Crippen LogP contribution < -0.4 is 0 Å². The highest BCUT2D eigenvalue weighted by molar-refractivity contribution is 7.12. The summed E-state index contributed by atoms with van der Waals surface area (Å²) in [6.45, 7) is 5.72. The van der Waals surface area contributed by atoms with Crippen LogP contribution >= 0.6 is 11.3 Å². The van der Waals surface area contributed by atoms with Gasteiger partial charge in [0.05, 0.1) is 29.1 Å². The summed E-state index contributed by atoms with van der Waals surface area (Å²) >= 11 is 1.52. The fourth-order valence-corrected chi connectivity index (χ4v) is 4.22. The number of carboxylic acids is 1. The number of alkyl halides is 3. The van der Waals surface area contributed by atoms with E-state index in [9.17, 15) is 18.0 Å². The molecule has 0 aliphatic carbocycles. The molecule has 0 saturated carbocycles. The summed E-state index contributed by atoms with van der Waals surface area (Å²) in [5, 5.41) is 9.09. The predicted octanol–water partition coefficient (Wildman–Crippen LogP) is 3.22. The second kappa shape index (κ2) is 9.61. The van der Waals surface area contributed by atoms with Crippen LogP contribution in [-0.2, 0) is 24.4 Å². The first-order valence-corrected chi connectivity index (χ1v) is 10.5. The molecule has 1 fully saturated rings. The van der Waals surface area contributed by atoms with E-state index < -0.39 is 12.1 Å². The molecule has 0 bridgehead atoms. The number of fused-ring (bicyclic) bond motifs is 1. The van der Waals surface area contributed by atoms with Gasteiger partial charge >= 0.3 is 12.1 Å². The van der Waals surface area contributed by atoms with Gasteiger partial charge in [0, 0.05) is 19.6 Å². The summed E-state index contributed by atoms with van der Waals surface area (Å²) in [6, 6.07) is 3.86. The molecule has 2 aliphatic heterocycles. The lowest BCUT2D eigenvalue weighted by Gasteiger charge is -2.21. The van der Waals surface area contributed by atoms with E-state index in [2.05, 4.69) is 14.5 Å². The zero-order chi connectivity index (χ0) is 21.7. The SMILES string of the molecule is O=C(O)C(F)(F)F.O=C(c1cccs1)N1CCCn2cnc(CN3CCCC3)c2C1. The highest BCUT2D eigenvalue weighted by Crippen LogP contribution is 2.22. The zero-order valence-corrected chi connectivity index (χ0v) is 17.1. The van der Waals surface area contributed by atoms with Crippen molar-refractivity contribution in [3.8, 4) is 0 Å². The molecular formula is C19H23F3N4O3S. The van der Waals surface area contributed by atoms with E-state index >= 15 is 0 Å². The maximum atomic E-state index is 12.7. The molecule has 1 N–H and O–H groups in total. The lowest BCUT2D eigenvalue weighted by molar-refractivity contribution is -0.192. The number of thiophene rings is 1. The zero-order valence-electron chi connectivity index (χ0n) is 16.3. The van der Waals surface area contributed by atoms with Crippen molar-refractivity contribution in [2.45, 2.75) is 45.1 Å². The van der Waals surface area contributed by atoms with Crippen LogP contribution in [0.1, 0.15) is 40.3 Å². The molecule has 1 saturated heterocycles. The van der Waals surface area contributed by atoms with Gasteiger partial charge in [-0.15, -0.1) is 11.3 Å². The Bertz CT molecular complexity index is 861.